The van der Waals surface area contributed by atoms with E-state index in [0.717, 1.165) is 6.26 Å². The third kappa shape index (κ3) is 5.06. The Labute approximate surface area is 178 Å². The monoisotopic (exact) mass is 446 g/mol. The summed E-state index contributed by atoms with van der Waals surface area (Å²) in [4.78, 5) is 13.6. The number of nitrogens with zero attached hydrogens (tertiary/aromatic N) is 4. The van der Waals surface area contributed by atoms with E-state index in [1.807, 2.05) is 0 Å². The number of ether oxygens (including phenoxy) is 1. The van der Waals surface area contributed by atoms with Crippen LogP contribution < -0.4 is 4.90 Å². The highest BCUT2D eigenvalue weighted by molar-refractivity contribution is 7.85. The predicted octanol–water partition coefficient (Wildman–Crippen LogP) is 2.59. The van der Waals surface area contributed by atoms with Gasteiger partial charge in [-0.15, -0.1) is 5.10 Å². The van der Waals surface area contributed by atoms with E-state index in [4.69, 9.17) is 8.92 Å². The third-order valence-electron chi connectivity index (χ3n) is 4.71. The molecule has 0 N–H and O–H groups in total. The molecule has 0 unspecified atom stereocenters. The van der Waals surface area contributed by atoms with Crippen LogP contribution in [0.5, 0.6) is 0 Å². The average molecular weight is 446 g/mol. The Hall–Kier alpha value is -3.31. The van der Waals surface area contributed by atoms with Crippen LogP contribution in [0.1, 0.15) is 5.56 Å². The lowest BCUT2D eigenvalue weighted by atomic mass is 10.0. The van der Waals surface area contributed by atoms with Gasteiger partial charge in [-0.3, -0.25) is 9.08 Å². The number of aromatic nitrogens is 3. The van der Waals surface area contributed by atoms with E-state index in [0.29, 0.717) is 28.9 Å². The van der Waals surface area contributed by atoms with Crippen molar-refractivity contribution < 1.29 is 26.5 Å². The molecule has 2 aromatic carbocycles. The standard InChI is InChI=1S/C20H19FN4O5S/c1-31(27,28)29-13-14-2-4-15(5-3-14)18-7-6-16(10-19(18)21)25-12-17(30-20(25)26)11-24-9-8-22-23-24/h2-10,17H,11-13H2,1H3/t17-/m0/s1. The molecule has 1 aromatic heterocycles. The summed E-state index contributed by atoms with van der Waals surface area (Å²) in [5.41, 5.74) is 2.00. The van der Waals surface area contributed by atoms with E-state index >= 15 is 0 Å². The summed E-state index contributed by atoms with van der Waals surface area (Å²) in [6.07, 6.45) is 3.22. The Morgan fingerprint density at radius 3 is 2.65 bits per heavy atom. The van der Waals surface area contributed by atoms with Gasteiger partial charge < -0.3 is 4.74 Å². The summed E-state index contributed by atoms with van der Waals surface area (Å²) in [7, 11) is -3.54. The topological polar surface area (TPSA) is 104 Å². The van der Waals surface area contributed by atoms with Crippen LogP contribution in [0.2, 0.25) is 0 Å². The van der Waals surface area contributed by atoms with E-state index in [1.165, 1.54) is 17.2 Å². The zero-order valence-corrected chi connectivity index (χ0v) is 17.3. The van der Waals surface area contributed by atoms with Crippen molar-refractivity contribution in [1.82, 2.24) is 15.0 Å². The highest BCUT2D eigenvalue weighted by atomic mass is 32.2. The lowest BCUT2D eigenvalue weighted by Gasteiger charge is -2.14. The second kappa shape index (κ2) is 8.44. The minimum Gasteiger partial charge on any atom is -0.442 e. The van der Waals surface area contributed by atoms with Crippen LogP contribution in [0.4, 0.5) is 14.9 Å². The number of rotatable bonds is 7. The van der Waals surface area contributed by atoms with E-state index in [2.05, 4.69) is 10.3 Å². The lowest BCUT2D eigenvalue weighted by Crippen LogP contribution is -2.26. The number of hydrogen-bond acceptors (Lipinski definition) is 7. The second-order valence-corrected chi connectivity index (χ2v) is 8.71. The summed E-state index contributed by atoms with van der Waals surface area (Å²) in [6, 6.07) is 11.2. The molecule has 1 saturated heterocycles. The molecule has 0 saturated carbocycles. The molecule has 1 amide bonds. The fourth-order valence-corrected chi connectivity index (χ4v) is 3.58. The van der Waals surface area contributed by atoms with Gasteiger partial charge in [0.25, 0.3) is 10.1 Å². The quantitative estimate of drug-likeness (QED) is 0.514. The minimum atomic E-state index is -3.54. The first-order chi connectivity index (χ1) is 14.8. The SMILES string of the molecule is CS(=O)(=O)OCc1ccc(-c2ccc(N3C[C@H](Cn4ccnn4)OC3=O)cc2F)cc1. The molecule has 1 aliphatic rings. The zero-order chi connectivity index (χ0) is 22.0. The highest BCUT2D eigenvalue weighted by Crippen LogP contribution is 2.29. The van der Waals surface area contributed by atoms with Crippen LogP contribution in [-0.4, -0.2) is 48.4 Å². The average Bonchev–Trinajstić information content (AvgIpc) is 3.36. The Balaban J connectivity index is 1.46. The van der Waals surface area contributed by atoms with Crippen LogP contribution in [-0.2, 0) is 32.2 Å². The van der Waals surface area contributed by atoms with Crippen LogP contribution in [0, 0.1) is 5.82 Å². The fraction of sp³-hybridized carbons (Fsp3) is 0.250. The Morgan fingerprint density at radius 1 is 1.23 bits per heavy atom. The molecular weight excluding hydrogens is 427 g/mol. The van der Waals surface area contributed by atoms with Crippen molar-refractivity contribution in [1.29, 1.82) is 0 Å². The number of halogens is 1. The Kier molecular flexibility index (Phi) is 5.70. The Bertz CT molecular complexity index is 1180. The predicted molar refractivity (Wildman–Crippen MR) is 109 cm³/mol. The first-order valence-electron chi connectivity index (χ1n) is 9.34. The largest absolute Gasteiger partial charge is 0.442 e. The van der Waals surface area contributed by atoms with Crippen LogP contribution in [0.3, 0.4) is 0 Å². The molecule has 0 aliphatic carbocycles. The van der Waals surface area contributed by atoms with Crippen molar-refractivity contribution in [3.05, 3.63) is 66.2 Å². The van der Waals surface area contributed by atoms with Crippen molar-refractivity contribution >= 4 is 21.9 Å². The number of amides is 1. The second-order valence-electron chi connectivity index (χ2n) is 7.07. The molecule has 0 spiro atoms. The van der Waals surface area contributed by atoms with Crippen LogP contribution in [0.15, 0.2) is 54.9 Å². The smallest absolute Gasteiger partial charge is 0.414 e. The molecule has 1 fully saturated rings. The summed E-state index contributed by atoms with van der Waals surface area (Å²) < 4.78 is 48.6. The summed E-state index contributed by atoms with van der Waals surface area (Å²) in [5, 5.41) is 7.56. The van der Waals surface area contributed by atoms with Gasteiger partial charge >= 0.3 is 6.09 Å². The van der Waals surface area contributed by atoms with Gasteiger partial charge in [-0.1, -0.05) is 29.5 Å². The minimum absolute atomic E-state index is 0.0899. The van der Waals surface area contributed by atoms with Crippen LogP contribution >= 0.6 is 0 Å². The van der Waals surface area contributed by atoms with Gasteiger partial charge in [0.2, 0.25) is 0 Å². The van der Waals surface area contributed by atoms with Gasteiger partial charge in [0.1, 0.15) is 11.9 Å². The first-order valence-corrected chi connectivity index (χ1v) is 11.2. The van der Waals surface area contributed by atoms with Crippen molar-refractivity contribution in [2.75, 3.05) is 17.7 Å². The molecule has 31 heavy (non-hydrogen) atoms. The van der Waals surface area contributed by atoms with Crippen LogP contribution in [0.25, 0.3) is 11.1 Å². The van der Waals surface area contributed by atoms with Gasteiger partial charge in [0.05, 0.1) is 37.8 Å². The van der Waals surface area contributed by atoms with Gasteiger partial charge in [-0.25, -0.2) is 13.9 Å². The number of carbonyl (C=O) groups excluding carboxylic acids is 1. The number of carbonyl (C=O) groups is 1. The van der Waals surface area contributed by atoms with E-state index in [9.17, 15) is 17.6 Å². The van der Waals surface area contributed by atoms with Crippen molar-refractivity contribution in [3.63, 3.8) is 0 Å². The maximum absolute atomic E-state index is 14.8. The van der Waals surface area contributed by atoms with Gasteiger partial charge in [0.15, 0.2) is 0 Å². The van der Waals surface area contributed by atoms with Gasteiger partial charge in [-0.05, 0) is 29.3 Å². The number of hydrogen-bond donors (Lipinski definition) is 0. The first kappa shape index (κ1) is 20.9. The van der Waals surface area contributed by atoms with E-state index in [1.54, 1.807) is 47.3 Å². The highest BCUT2D eigenvalue weighted by Gasteiger charge is 2.33. The molecular formula is C20H19FN4O5S. The van der Waals surface area contributed by atoms with Crippen molar-refractivity contribution in [2.45, 2.75) is 19.3 Å². The zero-order valence-electron chi connectivity index (χ0n) is 16.5. The molecule has 3 aromatic rings. The maximum atomic E-state index is 14.8. The summed E-state index contributed by atoms with van der Waals surface area (Å²) >= 11 is 0. The van der Waals surface area contributed by atoms with Crippen molar-refractivity contribution in [3.8, 4) is 11.1 Å². The molecule has 0 radical (unpaired) electrons. The summed E-state index contributed by atoms with van der Waals surface area (Å²) in [6.45, 7) is 0.540. The number of anilines is 1. The Morgan fingerprint density at radius 2 is 2.00 bits per heavy atom. The molecule has 4 rings (SSSR count). The van der Waals surface area contributed by atoms with E-state index < -0.39 is 28.1 Å². The van der Waals surface area contributed by atoms with Gasteiger partial charge in [0, 0.05) is 11.8 Å². The van der Waals surface area contributed by atoms with Crippen molar-refractivity contribution in [2.24, 2.45) is 0 Å². The third-order valence-corrected chi connectivity index (χ3v) is 5.25. The lowest BCUT2D eigenvalue weighted by molar-refractivity contribution is 0.129. The molecule has 9 nitrogen and oxygen atoms in total. The van der Waals surface area contributed by atoms with E-state index in [-0.39, 0.29) is 13.2 Å². The molecule has 1 aliphatic heterocycles. The number of benzene rings is 2. The molecule has 1 atom stereocenters. The molecule has 162 valence electrons. The maximum Gasteiger partial charge on any atom is 0.414 e. The summed E-state index contributed by atoms with van der Waals surface area (Å²) in [5.74, 6) is -0.495. The van der Waals surface area contributed by atoms with Gasteiger partial charge in [-0.2, -0.15) is 8.42 Å². The molecule has 2 heterocycles. The molecule has 11 heteroatoms. The molecule has 0 bridgehead atoms. The normalized spacial score (nSPS) is 16.5. The number of cyclic esters (lactones) is 1. The fourth-order valence-electron chi connectivity index (χ4n) is 3.23.